The van der Waals surface area contributed by atoms with E-state index >= 15 is 0 Å². The van der Waals surface area contributed by atoms with Crippen LogP contribution in [-0.2, 0) is 10.0 Å². The first-order valence-electron chi connectivity index (χ1n) is 9.00. The number of aromatic nitrogens is 2. The second-order valence-corrected chi connectivity index (χ2v) is 8.80. The predicted octanol–water partition coefficient (Wildman–Crippen LogP) is 3.39. The normalized spacial score (nSPS) is 16.3. The van der Waals surface area contributed by atoms with Gasteiger partial charge in [-0.2, -0.15) is 0 Å². The first kappa shape index (κ1) is 20.1. The molecule has 1 atom stereocenters. The van der Waals surface area contributed by atoms with Crippen LogP contribution in [-0.4, -0.2) is 37.1 Å². The molecular formula is C20H18ClN5O3S. The molecule has 154 valence electrons. The minimum absolute atomic E-state index is 0.235. The summed E-state index contributed by atoms with van der Waals surface area (Å²) in [6, 6.07) is 14.4. The van der Waals surface area contributed by atoms with E-state index in [2.05, 4.69) is 19.7 Å². The monoisotopic (exact) mass is 443 g/mol. The van der Waals surface area contributed by atoms with Crippen molar-refractivity contribution in [2.75, 3.05) is 17.7 Å². The fourth-order valence-electron chi connectivity index (χ4n) is 3.13. The van der Waals surface area contributed by atoms with E-state index in [0.29, 0.717) is 23.2 Å². The molecule has 0 saturated carbocycles. The predicted molar refractivity (Wildman–Crippen MR) is 116 cm³/mol. The zero-order valence-electron chi connectivity index (χ0n) is 15.9. The number of sulfonamides is 1. The highest BCUT2D eigenvalue weighted by Crippen LogP contribution is 2.34. The van der Waals surface area contributed by atoms with E-state index < -0.39 is 10.0 Å². The maximum Gasteiger partial charge on any atom is 0.237 e. The van der Waals surface area contributed by atoms with Crippen LogP contribution in [0.5, 0.6) is 11.6 Å². The van der Waals surface area contributed by atoms with Crippen LogP contribution in [0.2, 0.25) is 5.02 Å². The molecule has 0 aliphatic carbocycles. The van der Waals surface area contributed by atoms with Crippen molar-refractivity contribution in [2.45, 2.75) is 6.04 Å². The zero-order chi connectivity index (χ0) is 21.1. The molecule has 0 unspecified atom stereocenters. The Hall–Kier alpha value is -3.17. The lowest BCUT2D eigenvalue weighted by molar-refractivity contribution is 0.459. The fraction of sp³-hybridized carbons (Fsp3) is 0.150. The van der Waals surface area contributed by atoms with Gasteiger partial charge in [0, 0.05) is 23.1 Å². The topological polar surface area (TPSA) is 96.8 Å². The molecule has 4 rings (SSSR count). The van der Waals surface area contributed by atoms with Crippen molar-refractivity contribution in [1.29, 1.82) is 0 Å². The Kier molecular flexibility index (Phi) is 5.56. The highest BCUT2D eigenvalue weighted by atomic mass is 35.5. The number of benzene rings is 2. The van der Waals surface area contributed by atoms with E-state index in [1.165, 1.54) is 6.20 Å². The van der Waals surface area contributed by atoms with Gasteiger partial charge in [-0.25, -0.2) is 18.4 Å². The molecule has 1 N–H and O–H groups in total. The van der Waals surface area contributed by atoms with Crippen molar-refractivity contribution in [3.05, 3.63) is 77.7 Å². The van der Waals surface area contributed by atoms with Crippen molar-refractivity contribution >= 4 is 33.3 Å². The number of nitrogens with one attached hydrogen (secondary N) is 1. The Morgan fingerprint density at radius 2 is 1.97 bits per heavy atom. The summed E-state index contributed by atoms with van der Waals surface area (Å²) in [5.41, 5.74) is 1.66. The van der Waals surface area contributed by atoms with Gasteiger partial charge in [0.1, 0.15) is 5.75 Å². The smallest absolute Gasteiger partial charge is 0.237 e. The van der Waals surface area contributed by atoms with Crippen LogP contribution in [0.1, 0.15) is 11.6 Å². The first-order chi connectivity index (χ1) is 14.4. The van der Waals surface area contributed by atoms with Gasteiger partial charge >= 0.3 is 0 Å². The molecule has 0 fully saturated rings. The van der Waals surface area contributed by atoms with Gasteiger partial charge < -0.3 is 9.64 Å². The third kappa shape index (κ3) is 4.69. The maximum absolute atomic E-state index is 11.8. The van der Waals surface area contributed by atoms with E-state index in [0.717, 1.165) is 17.5 Å². The SMILES string of the molecule is CS(=O)(=O)NC1=NC[C@H](c2cccc(Oc3cnccn3)c2)N1c1ccc(Cl)cc1. The lowest BCUT2D eigenvalue weighted by Gasteiger charge is -2.28. The molecule has 30 heavy (non-hydrogen) atoms. The van der Waals surface area contributed by atoms with E-state index in [4.69, 9.17) is 16.3 Å². The summed E-state index contributed by atoms with van der Waals surface area (Å²) in [5, 5.41) is 0.587. The van der Waals surface area contributed by atoms with Gasteiger partial charge in [-0.05, 0) is 42.0 Å². The average molecular weight is 444 g/mol. The summed E-state index contributed by atoms with van der Waals surface area (Å²) in [7, 11) is -3.50. The van der Waals surface area contributed by atoms with E-state index in [-0.39, 0.29) is 12.0 Å². The standard InChI is InChI=1S/C20H18ClN5O3S/c1-30(27,28)25-20-24-12-18(26(20)16-7-5-15(21)6-8-16)14-3-2-4-17(11-14)29-19-13-22-9-10-23-19/h2-11,13,18H,12H2,1H3,(H,24,25)/t18-/m1/s1. The van der Waals surface area contributed by atoms with Crippen LogP contribution in [0.25, 0.3) is 0 Å². The lowest BCUT2D eigenvalue weighted by Crippen LogP contribution is -2.42. The molecule has 2 heterocycles. The summed E-state index contributed by atoms with van der Waals surface area (Å²) in [4.78, 5) is 14.4. The summed E-state index contributed by atoms with van der Waals surface area (Å²) in [6.45, 7) is 0.370. The number of hydrogen-bond donors (Lipinski definition) is 1. The largest absolute Gasteiger partial charge is 0.437 e. The van der Waals surface area contributed by atoms with Crippen LogP contribution in [0.15, 0.2) is 72.1 Å². The molecule has 1 aromatic heterocycles. The Labute approximate surface area is 179 Å². The summed E-state index contributed by atoms with van der Waals surface area (Å²) >= 11 is 6.02. The Bertz CT molecular complexity index is 1170. The number of aliphatic imine (C=N–C) groups is 1. The van der Waals surface area contributed by atoms with Gasteiger partial charge in [0.15, 0.2) is 0 Å². The molecule has 0 spiro atoms. The molecule has 2 aromatic carbocycles. The first-order valence-corrected chi connectivity index (χ1v) is 11.3. The fourth-order valence-corrected chi connectivity index (χ4v) is 3.75. The quantitative estimate of drug-likeness (QED) is 0.649. The Morgan fingerprint density at radius 3 is 2.67 bits per heavy atom. The molecule has 0 radical (unpaired) electrons. The molecule has 0 saturated heterocycles. The third-order valence-electron chi connectivity index (χ3n) is 4.34. The number of halogens is 1. The molecule has 10 heteroatoms. The zero-order valence-corrected chi connectivity index (χ0v) is 17.5. The van der Waals surface area contributed by atoms with Gasteiger partial charge in [-0.1, -0.05) is 23.7 Å². The molecule has 1 aliphatic rings. The number of rotatable bonds is 5. The van der Waals surface area contributed by atoms with Crippen LogP contribution < -0.4 is 14.4 Å². The van der Waals surface area contributed by atoms with Gasteiger partial charge in [0.2, 0.25) is 21.9 Å². The van der Waals surface area contributed by atoms with Crippen molar-refractivity contribution in [3.8, 4) is 11.6 Å². The minimum atomic E-state index is -3.50. The third-order valence-corrected chi connectivity index (χ3v) is 5.15. The lowest BCUT2D eigenvalue weighted by atomic mass is 10.1. The van der Waals surface area contributed by atoms with Crippen LogP contribution >= 0.6 is 11.6 Å². The average Bonchev–Trinajstić information content (AvgIpc) is 3.11. The van der Waals surface area contributed by atoms with E-state index in [9.17, 15) is 8.42 Å². The highest BCUT2D eigenvalue weighted by molar-refractivity contribution is 7.89. The number of guanidine groups is 1. The van der Waals surface area contributed by atoms with Crippen molar-refractivity contribution in [1.82, 2.24) is 14.7 Å². The Balaban J connectivity index is 1.67. The van der Waals surface area contributed by atoms with Gasteiger partial charge in [0.25, 0.3) is 0 Å². The second-order valence-electron chi connectivity index (χ2n) is 6.62. The van der Waals surface area contributed by atoms with Crippen molar-refractivity contribution in [2.24, 2.45) is 4.99 Å². The molecule has 0 bridgehead atoms. The minimum Gasteiger partial charge on any atom is -0.437 e. The summed E-state index contributed by atoms with van der Waals surface area (Å²) in [6.07, 6.45) is 5.74. The van der Waals surface area contributed by atoms with Crippen LogP contribution in [0.3, 0.4) is 0 Å². The van der Waals surface area contributed by atoms with Crippen molar-refractivity contribution < 1.29 is 13.2 Å². The molecule has 0 amide bonds. The van der Waals surface area contributed by atoms with E-state index in [1.807, 2.05) is 41.3 Å². The van der Waals surface area contributed by atoms with Gasteiger partial charge in [0.05, 0.1) is 25.0 Å². The van der Waals surface area contributed by atoms with Gasteiger partial charge in [-0.3, -0.25) is 9.71 Å². The molecule has 3 aromatic rings. The molecule has 1 aliphatic heterocycles. The van der Waals surface area contributed by atoms with Crippen molar-refractivity contribution in [3.63, 3.8) is 0 Å². The summed E-state index contributed by atoms with van der Waals surface area (Å²) < 4.78 is 32.0. The molecule has 8 nitrogen and oxygen atoms in total. The second kappa shape index (κ2) is 8.29. The maximum atomic E-state index is 11.8. The number of ether oxygens (including phenoxy) is 1. The number of hydrogen-bond acceptors (Lipinski definition) is 7. The number of anilines is 1. The number of nitrogens with zero attached hydrogens (tertiary/aromatic N) is 4. The van der Waals surface area contributed by atoms with Crippen LogP contribution in [0.4, 0.5) is 5.69 Å². The van der Waals surface area contributed by atoms with E-state index in [1.54, 1.807) is 24.5 Å². The van der Waals surface area contributed by atoms with Gasteiger partial charge in [-0.15, -0.1) is 0 Å². The Morgan fingerprint density at radius 1 is 1.17 bits per heavy atom. The molecular weight excluding hydrogens is 426 g/mol. The summed E-state index contributed by atoms with van der Waals surface area (Å²) in [5.74, 6) is 1.23. The van der Waals surface area contributed by atoms with Crippen LogP contribution in [0, 0.1) is 0 Å². The highest BCUT2D eigenvalue weighted by Gasteiger charge is 2.32.